The van der Waals surface area contributed by atoms with Crippen LogP contribution in [0.1, 0.15) is 23.3 Å². The van der Waals surface area contributed by atoms with E-state index in [2.05, 4.69) is 0 Å². The number of fused-ring (bicyclic) bond motifs is 1. The van der Waals surface area contributed by atoms with Crippen LogP contribution in [0.25, 0.3) is 0 Å². The molecule has 4 aliphatic heterocycles. The van der Waals surface area contributed by atoms with E-state index >= 15 is 0 Å². The molecule has 0 spiro atoms. The monoisotopic (exact) mass is 742 g/mol. The molecule has 14 atom stereocenters. The molecule has 4 aliphatic rings. The molecule has 0 unspecified atom stereocenters. The maximum Gasteiger partial charge on any atom is 0.229 e. The zero-order chi connectivity index (χ0) is 37.4. The van der Waals surface area contributed by atoms with E-state index in [1.165, 1.54) is 28.4 Å². The molecule has 0 bridgehead atoms. The highest BCUT2D eigenvalue weighted by molar-refractivity contribution is 5.56. The fourth-order valence-electron chi connectivity index (χ4n) is 7.16. The number of aliphatic hydroxyl groups is 8. The van der Waals surface area contributed by atoms with Gasteiger partial charge in [0.25, 0.3) is 0 Å². The molecular weight excluding hydrogens is 696 g/mol. The largest absolute Gasteiger partial charge is 0.493 e. The summed E-state index contributed by atoms with van der Waals surface area (Å²) in [6.07, 6.45) is -15.9. The predicted molar refractivity (Wildman–Crippen MR) is 172 cm³/mol. The summed E-state index contributed by atoms with van der Waals surface area (Å²) in [7, 11) is 5.66. The van der Waals surface area contributed by atoms with Crippen LogP contribution in [0, 0.1) is 11.8 Å². The van der Waals surface area contributed by atoms with Gasteiger partial charge in [-0.3, -0.25) is 0 Å². The van der Waals surface area contributed by atoms with Crippen molar-refractivity contribution in [2.75, 3.05) is 54.9 Å². The zero-order valence-electron chi connectivity index (χ0n) is 28.9. The van der Waals surface area contributed by atoms with Gasteiger partial charge in [-0.15, -0.1) is 0 Å². The van der Waals surface area contributed by atoms with Crippen LogP contribution in [-0.4, -0.2) is 157 Å². The molecule has 4 saturated heterocycles. The fourth-order valence-corrected chi connectivity index (χ4v) is 7.16. The molecule has 18 heteroatoms. The zero-order valence-corrected chi connectivity index (χ0v) is 28.9. The predicted octanol–water partition coefficient (Wildman–Crippen LogP) is -1.85. The summed E-state index contributed by atoms with van der Waals surface area (Å²) in [5.74, 6) is 0.683. The molecule has 6 rings (SSSR count). The summed E-state index contributed by atoms with van der Waals surface area (Å²) < 4.78 is 58.0. The molecule has 0 aliphatic carbocycles. The molecular formula is C34H46O18. The van der Waals surface area contributed by atoms with Crippen molar-refractivity contribution in [2.24, 2.45) is 11.8 Å². The van der Waals surface area contributed by atoms with Crippen LogP contribution in [-0.2, 0) is 18.9 Å². The van der Waals surface area contributed by atoms with E-state index < -0.39 is 86.8 Å². The molecule has 0 saturated carbocycles. The van der Waals surface area contributed by atoms with Gasteiger partial charge in [0.2, 0.25) is 24.1 Å². The smallest absolute Gasteiger partial charge is 0.229 e. The SMILES string of the molecule is COc1cc([C@@H]2OC[C@H]3[C@H]2CO[C@@H]3c2cc(OC)c(O[C@@H]3O[C@H](CO)[C@@H](O)[C@H](O)[C@H]3O)c(OC)c2)cc(OC)c1O[C@H]1O[C@@H](CO)[C@H](O)[C@@H](O)[C@@H]1O. The summed E-state index contributed by atoms with van der Waals surface area (Å²) in [4.78, 5) is 0. The van der Waals surface area contributed by atoms with Gasteiger partial charge < -0.3 is 88.2 Å². The van der Waals surface area contributed by atoms with Gasteiger partial charge in [0.1, 0.15) is 48.8 Å². The number of ether oxygens (including phenoxy) is 10. The second kappa shape index (κ2) is 16.0. The summed E-state index contributed by atoms with van der Waals surface area (Å²) in [5, 5.41) is 81.0. The van der Waals surface area contributed by atoms with Crippen LogP contribution in [0.15, 0.2) is 24.3 Å². The lowest BCUT2D eigenvalue weighted by Gasteiger charge is -2.39. The van der Waals surface area contributed by atoms with Gasteiger partial charge in [0, 0.05) is 11.8 Å². The van der Waals surface area contributed by atoms with Crippen molar-refractivity contribution in [3.8, 4) is 34.5 Å². The Morgan fingerprint density at radius 2 is 0.846 bits per heavy atom. The third-order valence-corrected chi connectivity index (χ3v) is 10.1. The van der Waals surface area contributed by atoms with Crippen LogP contribution in [0.3, 0.4) is 0 Å². The van der Waals surface area contributed by atoms with Crippen molar-refractivity contribution in [2.45, 2.75) is 73.6 Å². The summed E-state index contributed by atoms with van der Waals surface area (Å²) in [6.45, 7) is -0.604. The Morgan fingerprint density at radius 1 is 0.519 bits per heavy atom. The molecule has 8 N–H and O–H groups in total. The van der Waals surface area contributed by atoms with Crippen molar-refractivity contribution < 1.29 is 88.2 Å². The standard InChI is InChI=1S/C34H46O18/c1-43-17-5-13(6-18(44-2)31(17)51-33-27(41)25(39)23(37)21(9-35)49-33)29-15-11-48-30(16(15)12-47-29)14-7-19(45-3)32(20(8-14)46-4)52-34-28(42)26(40)24(38)22(10-36)50-34/h5-8,15-16,21-30,33-42H,9-12H2,1-4H3/t15-,16+,21+,22-,23+,24-,25-,26+,27+,28-,29+,30-,33-,34+. The minimum atomic E-state index is -1.65. The van der Waals surface area contributed by atoms with Crippen molar-refractivity contribution >= 4 is 0 Å². The van der Waals surface area contributed by atoms with Crippen LogP contribution < -0.4 is 28.4 Å². The second-order valence-electron chi connectivity index (χ2n) is 13.0. The fraction of sp³-hybridized carbons (Fsp3) is 0.647. The maximum absolute atomic E-state index is 10.5. The highest BCUT2D eigenvalue weighted by Crippen LogP contribution is 2.54. The van der Waals surface area contributed by atoms with E-state index in [1.807, 2.05) is 0 Å². The lowest BCUT2D eigenvalue weighted by Crippen LogP contribution is -2.60. The van der Waals surface area contributed by atoms with E-state index in [1.54, 1.807) is 24.3 Å². The van der Waals surface area contributed by atoms with Crippen molar-refractivity contribution in [1.29, 1.82) is 0 Å². The van der Waals surface area contributed by atoms with Gasteiger partial charge in [-0.1, -0.05) is 0 Å². The second-order valence-corrected chi connectivity index (χ2v) is 13.0. The van der Waals surface area contributed by atoms with E-state index in [-0.39, 0.29) is 46.3 Å². The Kier molecular flexibility index (Phi) is 11.8. The first-order valence-electron chi connectivity index (χ1n) is 16.7. The van der Waals surface area contributed by atoms with E-state index in [0.29, 0.717) is 24.3 Å². The maximum atomic E-state index is 10.5. The molecule has 2 aromatic carbocycles. The number of aliphatic hydroxyl groups excluding tert-OH is 8. The summed E-state index contributed by atoms with van der Waals surface area (Å²) >= 11 is 0. The molecule has 2 aromatic rings. The Labute approximate surface area is 298 Å². The highest BCUT2D eigenvalue weighted by Gasteiger charge is 2.50. The van der Waals surface area contributed by atoms with Gasteiger partial charge in [-0.05, 0) is 35.4 Å². The summed E-state index contributed by atoms with van der Waals surface area (Å²) in [5.41, 5.74) is 1.37. The van der Waals surface area contributed by atoms with E-state index in [4.69, 9.17) is 47.4 Å². The van der Waals surface area contributed by atoms with Crippen molar-refractivity contribution in [3.05, 3.63) is 35.4 Å². The first kappa shape index (κ1) is 38.5. The van der Waals surface area contributed by atoms with Gasteiger partial charge in [-0.2, -0.15) is 0 Å². The molecule has 290 valence electrons. The normalized spacial score (nSPS) is 37.3. The average Bonchev–Trinajstić information content (AvgIpc) is 3.78. The minimum absolute atomic E-state index is 0.0541. The molecule has 0 aromatic heterocycles. The molecule has 18 nitrogen and oxygen atoms in total. The molecule has 0 radical (unpaired) electrons. The highest BCUT2D eigenvalue weighted by atomic mass is 16.7. The van der Waals surface area contributed by atoms with E-state index in [9.17, 15) is 40.9 Å². The molecule has 4 heterocycles. The van der Waals surface area contributed by atoms with Gasteiger partial charge >= 0.3 is 0 Å². The van der Waals surface area contributed by atoms with Crippen LogP contribution in [0.5, 0.6) is 34.5 Å². The topological polar surface area (TPSA) is 254 Å². The summed E-state index contributed by atoms with van der Waals surface area (Å²) in [6, 6.07) is 6.78. The first-order valence-corrected chi connectivity index (χ1v) is 16.7. The third kappa shape index (κ3) is 6.94. The lowest BCUT2D eigenvalue weighted by molar-refractivity contribution is -0.277. The quantitative estimate of drug-likeness (QED) is 0.119. The molecule has 4 fully saturated rings. The number of methoxy groups -OCH3 is 4. The number of hydrogen-bond acceptors (Lipinski definition) is 18. The van der Waals surface area contributed by atoms with E-state index in [0.717, 1.165) is 0 Å². The Balaban J connectivity index is 1.22. The third-order valence-electron chi connectivity index (χ3n) is 10.1. The Hall–Kier alpha value is -3.24. The number of rotatable bonds is 12. The average molecular weight is 743 g/mol. The first-order chi connectivity index (χ1) is 25.0. The van der Waals surface area contributed by atoms with Crippen LogP contribution in [0.2, 0.25) is 0 Å². The molecule has 52 heavy (non-hydrogen) atoms. The minimum Gasteiger partial charge on any atom is -0.493 e. The van der Waals surface area contributed by atoms with Gasteiger partial charge in [0.05, 0.1) is 67.1 Å². The Morgan fingerprint density at radius 3 is 1.13 bits per heavy atom. The number of benzene rings is 2. The van der Waals surface area contributed by atoms with Gasteiger partial charge in [-0.25, -0.2) is 0 Å². The molecule has 0 amide bonds. The Bertz CT molecular complexity index is 1360. The van der Waals surface area contributed by atoms with Crippen LogP contribution in [0.4, 0.5) is 0 Å². The van der Waals surface area contributed by atoms with Crippen molar-refractivity contribution in [3.63, 3.8) is 0 Å². The lowest BCUT2D eigenvalue weighted by atomic mass is 9.84. The van der Waals surface area contributed by atoms with Crippen molar-refractivity contribution in [1.82, 2.24) is 0 Å². The van der Waals surface area contributed by atoms with Crippen LogP contribution >= 0.6 is 0 Å². The van der Waals surface area contributed by atoms with Gasteiger partial charge in [0.15, 0.2) is 23.0 Å². The number of hydrogen-bond donors (Lipinski definition) is 8.